The Morgan fingerprint density at radius 3 is 2.82 bits per heavy atom. The average Bonchev–Trinajstić information content (AvgIpc) is 2.86. The SMILES string of the molecule is Cc1cc(OCC2=CC=CC(F)=CC2)ncc1C(=O)Nc1ccc(F)cc1F. The van der Waals surface area contributed by atoms with Crippen LogP contribution in [0.5, 0.6) is 5.88 Å². The molecule has 7 heteroatoms. The molecule has 0 saturated carbocycles. The molecule has 1 amide bonds. The predicted molar refractivity (Wildman–Crippen MR) is 99.8 cm³/mol. The fourth-order valence-corrected chi connectivity index (χ4v) is 2.54. The van der Waals surface area contributed by atoms with Gasteiger partial charge in [-0.3, -0.25) is 4.79 Å². The molecule has 1 aliphatic rings. The van der Waals surface area contributed by atoms with E-state index in [4.69, 9.17) is 4.74 Å². The summed E-state index contributed by atoms with van der Waals surface area (Å²) in [6.07, 6.45) is 7.96. The molecule has 1 N–H and O–H groups in total. The van der Waals surface area contributed by atoms with E-state index in [-0.39, 0.29) is 23.7 Å². The van der Waals surface area contributed by atoms with E-state index in [2.05, 4.69) is 10.3 Å². The van der Waals surface area contributed by atoms with Crippen LogP contribution in [0.4, 0.5) is 18.9 Å². The third-order valence-electron chi connectivity index (χ3n) is 4.06. The van der Waals surface area contributed by atoms with Gasteiger partial charge in [0.15, 0.2) is 0 Å². The van der Waals surface area contributed by atoms with E-state index in [0.717, 1.165) is 17.7 Å². The standard InChI is InChI=1S/C21H17F3N2O2/c1-13-9-20(28-12-14-3-2-4-15(22)6-5-14)25-11-17(13)21(27)26-19-8-7-16(23)10-18(19)24/h2-4,6-11H,5,12H2,1H3,(H,26,27). The number of benzene rings is 1. The molecule has 1 aromatic heterocycles. The van der Waals surface area contributed by atoms with E-state index in [1.54, 1.807) is 25.1 Å². The van der Waals surface area contributed by atoms with Crippen LogP contribution in [0.3, 0.4) is 0 Å². The summed E-state index contributed by atoms with van der Waals surface area (Å²) in [5.41, 5.74) is 1.56. The van der Waals surface area contributed by atoms with Gasteiger partial charge in [0.25, 0.3) is 5.91 Å². The van der Waals surface area contributed by atoms with Crippen LogP contribution >= 0.6 is 0 Å². The van der Waals surface area contributed by atoms with Gasteiger partial charge in [0.2, 0.25) is 5.88 Å². The molecule has 0 fully saturated rings. The van der Waals surface area contributed by atoms with Crippen molar-refractivity contribution in [3.05, 3.63) is 88.9 Å². The summed E-state index contributed by atoms with van der Waals surface area (Å²) in [6, 6.07) is 4.48. The number of allylic oxidation sites excluding steroid dienone is 5. The Labute approximate surface area is 160 Å². The van der Waals surface area contributed by atoms with Crippen LogP contribution in [-0.2, 0) is 0 Å². The van der Waals surface area contributed by atoms with Crippen LogP contribution in [0.15, 0.2) is 66.2 Å². The van der Waals surface area contributed by atoms with E-state index >= 15 is 0 Å². The van der Waals surface area contributed by atoms with Crippen molar-refractivity contribution in [3.63, 3.8) is 0 Å². The lowest BCUT2D eigenvalue weighted by Crippen LogP contribution is -2.15. The molecule has 0 bridgehead atoms. The van der Waals surface area contributed by atoms with Gasteiger partial charge in [-0.25, -0.2) is 18.2 Å². The summed E-state index contributed by atoms with van der Waals surface area (Å²) in [4.78, 5) is 16.4. The number of nitrogens with one attached hydrogen (secondary N) is 1. The van der Waals surface area contributed by atoms with Crippen LogP contribution in [0.25, 0.3) is 0 Å². The Balaban J connectivity index is 1.65. The summed E-state index contributed by atoms with van der Waals surface area (Å²) < 4.78 is 45.4. The van der Waals surface area contributed by atoms with Gasteiger partial charge in [-0.15, -0.1) is 0 Å². The highest BCUT2D eigenvalue weighted by atomic mass is 19.1. The molecule has 0 radical (unpaired) electrons. The first-order valence-corrected chi connectivity index (χ1v) is 8.50. The topological polar surface area (TPSA) is 51.2 Å². The smallest absolute Gasteiger partial charge is 0.257 e. The number of carbonyl (C=O) groups excluding carboxylic acids is 1. The zero-order valence-corrected chi connectivity index (χ0v) is 15.0. The summed E-state index contributed by atoms with van der Waals surface area (Å²) in [7, 11) is 0. The maximum Gasteiger partial charge on any atom is 0.257 e. The van der Waals surface area contributed by atoms with E-state index in [0.29, 0.717) is 23.9 Å². The van der Waals surface area contributed by atoms with Gasteiger partial charge in [0.05, 0.1) is 11.3 Å². The summed E-state index contributed by atoms with van der Waals surface area (Å²) in [6.45, 7) is 1.92. The lowest BCUT2D eigenvalue weighted by molar-refractivity contribution is 0.102. The van der Waals surface area contributed by atoms with Crippen molar-refractivity contribution in [3.8, 4) is 5.88 Å². The van der Waals surface area contributed by atoms with E-state index in [9.17, 15) is 18.0 Å². The number of carbonyl (C=O) groups is 1. The van der Waals surface area contributed by atoms with Gasteiger partial charge in [-0.1, -0.05) is 12.2 Å². The van der Waals surface area contributed by atoms with Crippen molar-refractivity contribution in [2.75, 3.05) is 11.9 Å². The van der Waals surface area contributed by atoms with Crippen LogP contribution in [0, 0.1) is 18.6 Å². The summed E-state index contributed by atoms with van der Waals surface area (Å²) in [5.74, 6) is -2.16. The monoisotopic (exact) mass is 386 g/mol. The van der Waals surface area contributed by atoms with Crippen LogP contribution in [0.2, 0.25) is 0 Å². The number of halogens is 3. The quantitative estimate of drug-likeness (QED) is 0.783. The van der Waals surface area contributed by atoms with Crippen molar-refractivity contribution in [1.82, 2.24) is 4.98 Å². The zero-order chi connectivity index (χ0) is 20.1. The molecular formula is C21H17F3N2O2. The molecule has 0 aliphatic heterocycles. The number of hydrogen-bond acceptors (Lipinski definition) is 3. The van der Waals surface area contributed by atoms with Gasteiger partial charge in [-0.2, -0.15) is 0 Å². The molecule has 0 spiro atoms. The average molecular weight is 386 g/mol. The van der Waals surface area contributed by atoms with Crippen molar-refractivity contribution in [2.45, 2.75) is 13.3 Å². The van der Waals surface area contributed by atoms with E-state index in [1.807, 2.05) is 0 Å². The summed E-state index contributed by atoms with van der Waals surface area (Å²) >= 11 is 0. The Bertz CT molecular complexity index is 994. The first kappa shape index (κ1) is 19.4. The number of anilines is 1. The Hall–Kier alpha value is -3.35. The molecule has 144 valence electrons. The number of aryl methyl sites for hydroxylation is 1. The first-order chi connectivity index (χ1) is 13.4. The third-order valence-corrected chi connectivity index (χ3v) is 4.06. The first-order valence-electron chi connectivity index (χ1n) is 8.50. The highest BCUT2D eigenvalue weighted by Crippen LogP contribution is 2.20. The van der Waals surface area contributed by atoms with Gasteiger partial charge in [0, 0.05) is 18.3 Å². The van der Waals surface area contributed by atoms with Crippen LogP contribution < -0.4 is 10.1 Å². The second-order valence-electron chi connectivity index (χ2n) is 6.18. The minimum Gasteiger partial charge on any atom is -0.473 e. The number of pyridine rings is 1. The molecule has 1 aromatic carbocycles. The van der Waals surface area contributed by atoms with Crippen molar-refractivity contribution in [2.24, 2.45) is 0 Å². The number of ether oxygens (including phenoxy) is 1. The highest BCUT2D eigenvalue weighted by Gasteiger charge is 2.14. The molecule has 3 rings (SSSR count). The maximum absolute atomic E-state index is 13.7. The second-order valence-corrected chi connectivity index (χ2v) is 6.18. The summed E-state index contributed by atoms with van der Waals surface area (Å²) in [5, 5.41) is 2.39. The molecule has 1 aliphatic carbocycles. The normalized spacial score (nSPS) is 13.4. The lowest BCUT2D eigenvalue weighted by Gasteiger charge is -2.11. The van der Waals surface area contributed by atoms with Gasteiger partial charge >= 0.3 is 0 Å². The number of nitrogens with zero attached hydrogens (tertiary/aromatic N) is 1. The molecule has 2 aromatic rings. The molecule has 0 atom stereocenters. The number of amides is 1. The molecule has 1 heterocycles. The number of aromatic nitrogens is 1. The van der Waals surface area contributed by atoms with Crippen LogP contribution in [0.1, 0.15) is 22.3 Å². The van der Waals surface area contributed by atoms with Crippen molar-refractivity contribution < 1.29 is 22.7 Å². The zero-order valence-electron chi connectivity index (χ0n) is 15.0. The second kappa shape index (κ2) is 8.56. The molecular weight excluding hydrogens is 369 g/mol. The minimum atomic E-state index is -0.866. The fraction of sp³-hybridized carbons (Fsp3) is 0.143. The van der Waals surface area contributed by atoms with E-state index < -0.39 is 17.5 Å². The lowest BCUT2D eigenvalue weighted by atomic mass is 10.1. The third kappa shape index (κ3) is 4.88. The largest absolute Gasteiger partial charge is 0.473 e. The van der Waals surface area contributed by atoms with Gasteiger partial charge < -0.3 is 10.1 Å². The Morgan fingerprint density at radius 1 is 1.25 bits per heavy atom. The molecule has 0 unspecified atom stereocenters. The minimum absolute atomic E-state index is 0.125. The predicted octanol–water partition coefficient (Wildman–Crippen LogP) is 5.04. The molecule has 28 heavy (non-hydrogen) atoms. The molecule has 4 nitrogen and oxygen atoms in total. The van der Waals surface area contributed by atoms with Crippen molar-refractivity contribution in [1.29, 1.82) is 0 Å². The molecule has 0 saturated heterocycles. The van der Waals surface area contributed by atoms with Crippen LogP contribution in [-0.4, -0.2) is 17.5 Å². The highest BCUT2D eigenvalue weighted by molar-refractivity contribution is 6.05. The van der Waals surface area contributed by atoms with Gasteiger partial charge in [-0.05, 0) is 48.8 Å². The number of rotatable bonds is 5. The van der Waals surface area contributed by atoms with Crippen molar-refractivity contribution >= 4 is 11.6 Å². The van der Waals surface area contributed by atoms with E-state index in [1.165, 1.54) is 18.3 Å². The Kier molecular flexibility index (Phi) is 5.93. The fourth-order valence-electron chi connectivity index (χ4n) is 2.54. The Morgan fingerprint density at radius 2 is 2.07 bits per heavy atom. The van der Waals surface area contributed by atoms with Gasteiger partial charge in [0.1, 0.15) is 24.1 Å². The maximum atomic E-state index is 13.7. The number of hydrogen-bond donors (Lipinski definition) is 1.